The van der Waals surface area contributed by atoms with Gasteiger partial charge in [0, 0.05) is 61.2 Å². The van der Waals surface area contributed by atoms with E-state index in [0.717, 1.165) is 29.7 Å². The Morgan fingerprint density at radius 1 is 1.29 bits per heavy atom. The lowest BCUT2D eigenvalue weighted by Crippen LogP contribution is -2.51. The molecule has 3 heterocycles. The fourth-order valence-corrected chi connectivity index (χ4v) is 5.45. The summed E-state index contributed by atoms with van der Waals surface area (Å²) in [6.45, 7) is 7.64. The number of carbonyl (C=O) groups is 1. The molecule has 10 heteroatoms. The van der Waals surface area contributed by atoms with Crippen LogP contribution < -0.4 is 14.9 Å². The van der Waals surface area contributed by atoms with Gasteiger partial charge in [0.2, 0.25) is 10.0 Å². The van der Waals surface area contributed by atoms with E-state index < -0.39 is 10.0 Å². The summed E-state index contributed by atoms with van der Waals surface area (Å²) >= 11 is 0. The second kappa shape index (κ2) is 9.77. The number of H-pyrrole nitrogens is 1. The summed E-state index contributed by atoms with van der Waals surface area (Å²) < 4.78 is 25.7. The normalized spacial score (nSPS) is 18.6. The predicted octanol–water partition coefficient (Wildman–Crippen LogP) is 3.74. The van der Waals surface area contributed by atoms with Crippen LogP contribution in [0.1, 0.15) is 37.6 Å². The zero-order chi connectivity index (χ0) is 25.3. The highest BCUT2D eigenvalue weighted by atomic mass is 32.2. The van der Waals surface area contributed by atoms with Crippen LogP contribution in [0, 0.1) is 5.92 Å². The third kappa shape index (κ3) is 5.53. The smallest absolute Gasteiger partial charge is 0.256 e. The molecule has 0 saturated carbocycles. The second-order valence-electron chi connectivity index (χ2n) is 9.71. The number of aromatic nitrogens is 2. The maximum absolute atomic E-state index is 13.5. The van der Waals surface area contributed by atoms with Crippen LogP contribution in [0.3, 0.4) is 0 Å². The number of carbonyl (C=O) groups excluding carboxylic acids is 1. The van der Waals surface area contributed by atoms with Crippen molar-refractivity contribution in [1.82, 2.24) is 14.9 Å². The van der Waals surface area contributed by atoms with Gasteiger partial charge in [0.1, 0.15) is 0 Å². The molecule has 188 valence electrons. The van der Waals surface area contributed by atoms with E-state index in [-0.39, 0.29) is 17.9 Å². The molecule has 1 fully saturated rings. The van der Waals surface area contributed by atoms with Crippen molar-refractivity contribution in [1.29, 1.82) is 0 Å². The van der Waals surface area contributed by atoms with Crippen molar-refractivity contribution in [3.63, 3.8) is 0 Å². The first-order chi connectivity index (χ1) is 16.5. The molecule has 35 heavy (non-hydrogen) atoms. The first kappa shape index (κ1) is 24.8. The van der Waals surface area contributed by atoms with Crippen LogP contribution >= 0.6 is 0 Å². The van der Waals surface area contributed by atoms with Gasteiger partial charge in [-0.15, -0.1) is 0 Å². The number of likely N-dealkylation sites (tertiary alicyclic amines) is 1. The molecule has 0 radical (unpaired) electrons. The van der Waals surface area contributed by atoms with Crippen LogP contribution in [0.25, 0.3) is 10.9 Å². The molecule has 3 aromatic rings. The van der Waals surface area contributed by atoms with Crippen LogP contribution in [0.4, 0.5) is 17.2 Å². The van der Waals surface area contributed by atoms with Gasteiger partial charge in [0.25, 0.3) is 5.91 Å². The van der Waals surface area contributed by atoms with E-state index in [2.05, 4.69) is 52.7 Å². The fraction of sp³-hybridized carbons (Fsp3) is 0.440. The minimum atomic E-state index is -3.41. The van der Waals surface area contributed by atoms with E-state index in [1.807, 2.05) is 23.2 Å². The van der Waals surface area contributed by atoms with Gasteiger partial charge in [0.05, 0.1) is 17.5 Å². The van der Waals surface area contributed by atoms with Gasteiger partial charge < -0.3 is 20.1 Å². The van der Waals surface area contributed by atoms with Gasteiger partial charge >= 0.3 is 0 Å². The number of hydrogen-bond acceptors (Lipinski definition) is 6. The Morgan fingerprint density at radius 3 is 2.74 bits per heavy atom. The summed E-state index contributed by atoms with van der Waals surface area (Å²) in [5.74, 6) is 1.10. The molecule has 2 unspecified atom stereocenters. The minimum Gasteiger partial charge on any atom is -0.380 e. The van der Waals surface area contributed by atoms with Crippen molar-refractivity contribution in [2.45, 2.75) is 39.3 Å². The van der Waals surface area contributed by atoms with Gasteiger partial charge in [-0.25, -0.2) is 13.4 Å². The van der Waals surface area contributed by atoms with Crippen LogP contribution in [0.2, 0.25) is 0 Å². The maximum Gasteiger partial charge on any atom is 0.256 e. The summed E-state index contributed by atoms with van der Waals surface area (Å²) in [7, 11) is -1.33. The Morgan fingerprint density at radius 2 is 2.06 bits per heavy atom. The predicted molar refractivity (Wildman–Crippen MR) is 142 cm³/mol. The molecule has 2 aromatic heterocycles. The highest BCUT2D eigenvalue weighted by Crippen LogP contribution is 2.31. The SMILES string of the molecule is CC(C)Nc1cccnc1N(C)C1CCN(C(=O)c2c[nH]c3ccc(NS(C)(=O)=O)cc23)CC1C. The van der Waals surface area contributed by atoms with E-state index in [9.17, 15) is 13.2 Å². The van der Waals surface area contributed by atoms with Crippen LogP contribution in [0.5, 0.6) is 0 Å². The number of anilines is 3. The van der Waals surface area contributed by atoms with Crippen molar-refractivity contribution in [2.24, 2.45) is 5.92 Å². The molecule has 0 spiro atoms. The number of nitrogens with one attached hydrogen (secondary N) is 3. The summed E-state index contributed by atoms with van der Waals surface area (Å²) in [5.41, 5.74) is 2.77. The highest BCUT2D eigenvalue weighted by Gasteiger charge is 2.33. The molecule has 1 saturated heterocycles. The monoisotopic (exact) mass is 498 g/mol. The third-order valence-electron chi connectivity index (χ3n) is 6.43. The van der Waals surface area contributed by atoms with E-state index in [0.29, 0.717) is 35.8 Å². The molecule has 1 aliphatic rings. The number of piperidine rings is 1. The van der Waals surface area contributed by atoms with Gasteiger partial charge in [-0.05, 0) is 56.5 Å². The number of hydrogen-bond donors (Lipinski definition) is 3. The lowest BCUT2D eigenvalue weighted by atomic mass is 9.92. The Bertz CT molecular complexity index is 1320. The summed E-state index contributed by atoms with van der Waals surface area (Å²) in [4.78, 5) is 25.4. The number of pyridine rings is 1. The number of rotatable bonds is 7. The molecule has 1 aromatic carbocycles. The fourth-order valence-electron chi connectivity index (χ4n) is 4.90. The first-order valence-electron chi connectivity index (χ1n) is 11.9. The molecule has 2 atom stereocenters. The zero-order valence-electron chi connectivity index (χ0n) is 20.9. The Balaban J connectivity index is 1.51. The molecule has 1 amide bonds. The number of aromatic amines is 1. The molecular formula is C25H34N6O3S. The van der Waals surface area contributed by atoms with Crippen LogP contribution in [-0.2, 0) is 10.0 Å². The number of nitrogens with zero attached hydrogens (tertiary/aromatic N) is 3. The summed E-state index contributed by atoms with van der Waals surface area (Å²) in [6, 6.07) is 9.69. The van der Waals surface area contributed by atoms with Crippen molar-refractivity contribution >= 4 is 44.0 Å². The van der Waals surface area contributed by atoms with Gasteiger partial charge in [0.15, 0.2) is 5.82 Å². The molecule has 3 N–H and O–H groups in total. The van der Waals surface area contributed by atoms with E-state index >= 15 is 0 Å². The van der Waals surface area contributed by atoms with E-state index in [4.69, 9.17) is 0 Å². The molecular weight excluding hydrogens is 464 g/mol. The third-order valence-corrected chi connectivity index (χ3v) is 7.03. The number of benzene rings is 1. The van der Waals surface area contributed by atoms with Crippen molar-refractivity contribution in [2.75, 3.05) is 41.3 Å². The Labute approximate surface area is 207 Å². The molecule has 0 aliphatic carbocycles. The minimum absolute atomic E-state index is 0.0549. The highest BCUT2D eigenvalue weighted by molar-refractivity contribution is 7.92. The maximum atomic E-state index is 13.5. The Hall–Kier alpha value is -3.27. The number of sulfonamides is 1. The van der Waals surface area contributed by atoms with E-state index in [1.165, 1.54) is 0 Å². The van der Waals surface area contributed by atoms with Crippen molar-refractivity contribution < 1.29 is 13.2 Å². The molecule has 9 nitrogen and oxygen atoms in total. The van der Waals surface area contributed by atoms with Crippen molar-refractivity contribution in [3.8, 4) is 0 Å². The Kier molecular flexibility index (Phi) is 6.93. The molecule has 1 aliphatic heterocycles. The van der Waals surface area contributed by atoms with Crippen LogP contribution in [-0.4, -0.2) is 67.7 Å². The summed E-state index contributed by atoms with van der Waals surface area (Å²) in [6.07, 6.45) is 5.45. The standard InChI is InChI=1S/C25H34N6O3S/c1-16(2)28-22-7-6-11-26-24(22)30(4)23-10-12-31(15-17(23)3)25(32)20-14-27-21-9-8-18(13-19(20)21)29-35(5,33)34/h6-9,11,13-14,16-17,23,27-29H,10,12,15H2,1-5H3. The second-order valence-corrected chi connectivity index (χ2v) is 11.5. The quantitative estimate of drug-likeness (QED) is 0.458. The largest absolute Gasteiger partial charge is 0.380 e. The van der Waals surface area contributed by atoms with Crippen LogP contribution in [0.15, 0.2) is 42.7 Å². The average Bonchev–Trinajstić information content (AvgIpc) is 3.20. The molecule has 0 bridgehead atoms. The van der Waals surface area contributed by atoms with E-state index in [1.54, 1.807) is 24.4 Å². The average molecular weight is 499 g/mol. The van der Waals surface area contributed by atoms with Gasteiger partial charge in [-0.3, -0.25) is 9.52 Å². The van der Waals surface area contributed by atoms with Gasteiger partial charge in [-0.1, -0.05) is 6.92 Å². The summed E-state index contributed by atoms with van der Waals surface area (Å²) in [5, 5.41) is 4.18. The van der Waals surface area contributed by atoms with Crippen molar-refractivity contribution in [3.05, 3.63) is 48.3 Å². The molecule has 4 rings (SSSR count). The lowest BCUT2D eigenvalue weighted by Gasteiger charge is -2.42. The zero-order valence-corrected chi connectivity index (χ0v) is 21.7. The number of amides is 1. The first-order valence-corrected chi connectivity index (χ1v) is 13.7. The van der Waals surface area contributed by atoms with Gasteiger partial charge in [-0.2, -0.15) is 0 Å². The topological polar surface area (TPSA) is 110 Å². The number of fused-ring (bicyclic) bond motifs is 1. The lowest BCUT2D eigenvalue weighted by molar-refractivity contribution is 0.0663.